The Labute approximate surface area is 167 Å². The molecule has 28 heavy (non-hydrogen) atoms. The molecule has 7 nitrogen and oxygen atoms in total. The highest BCUT2D eigenvalue weighted by atomic mass is 16.3. The highest BCUT2D eigenvalue weighted by Crippen LogP contribution is 2.22. The van der Waals surface area contributed by atoms with Crippen LogP contribution in [0.2, 0.25) is 0 Å². The van der Waals surface area contributed by atoms with E-state index in [-0.39, 0.29) is 18.6 Å². The Balaban J connectivity index is 1.74. The van der Waals surface area contributed by atoms with Gasteiger partial charge in [0.1, 0.15) is 5.82 Å². The quantitative estimate of drug-likeness (QED) is 0.528. The number of nitrogens with zero attached hydrogens (tertiary/aromatic N) is 3. The summed E-state index contributed by atoms with van der Waals surface area (Å²) in [5.41, 5.74) is 1.76. The Morgan fingerprint density at radius 3 is 2.75 bits per heavy atom. The van der Waals surface area contributed by atoms with Gasteiger partial charge in [0.2, 0.25) is 5.95 Å². The Hall–Kier alpha value is -2.25. The summed E-state index contributed by atoms with van der Waals surface area (Å²) in [6.07, 6.45) is 7.18. The first-order valence-corrected chi connectivity index (χ1v) is 10.3. The minimum absolute atomic E-state index is 0.0383. The molecule has 0 saturated carbocycles. The van der Waals surface area contributed by atoms with Crippen LogP contribution < -0.4 is 16.0 Å². The predicted octanol–water partition coefficient (Wildman–Crippen LogP) is 2.77. The van der Waals surface area contributed by atoms with Crippen LogP contribution >= 0.6 is 0 Å². The van der Waals surface area contributed by atoms with Gasteiger partial charge in [-0.25, -0.2) is 4.98 Å². The van der Waals surface area contributed by atoms with E-state index < -0.39 is 0 Å². The average molecular weight is 385 g/mol. The van der Waals surface area contributed by atoms with Crippen molar-refractivity contribution in [2.75, 3.05) is 36.9 Å². The third-order valence-corrected chi connectivity index (χ3v) is 5.32. The predicted molar refractivity (Wildman–Crippen MR) is 113 cm³/mol. The summed E-state index contributed by atoms with van der Waals surface area (Å²) in [4.78, 5) is 13.5. The number of nitrogens with one attached hydrogen (secondary N) is 3. The van der Waals surface area contributed by atoms with Crippen molar-refractivity contribution in [1.29, 1.82) is 0 Å². The van der Waals surface area contributed by atoms with Crippen molar-refractivity contribution < 1.29 is 5.11 Å². The summed E-state index contributed by atoms with van der Waals surface area (Å²) < 4.78 is 0. The number of hydrogen-bond donors (Lipinski definition) is 4. The van der Waals surface area contributed by atoms with Crippen LogP contribution in [0.4, 0.5) is 11.8 Å². The number of rotatable bonds is 9. The molecule has 0 unspecified atom stereocenters. The maximum atomic E-state index is 9.65. The Morgan fingerprint density at radius 1 is 1.25 bits per heavy atom. The van der Waals surface area contributed by atoms with Crippen molar-refractivity contribution >= 4 is 11.8 Å². The molecule has 0 radical (unpaired) electrons. The molecular formula is C21H32N6O. The topological polar surface area (TPSA) is 95.0 Å². The van der Waals surface area contributed by atoms with E-state index in [0.29, 0.717) is 5.95 Å². The number of aliphatic hydroxyl groups excluding tert-OH is 1. The Bertz CT molecular complexity index is 718. The number of hydrogen-bond acceptors (Lipinski definition) is 7. The molecule has 1 saturated heterocycles. The highest BCUT2D eigenvalue weighted by molar-refractivity contribution is 5.63. The maximum Gasteiger partial charge on any atom is 0.225 e. The van der Waals surface area contributed by atoms with E-state index >= 15 is 0 Å². The van der Waals surface area contributed by atoms with Gasteiger partial charge < -0.3 is 21.1 Å². The van der Waals surface area contributed by atoms with Gasteiger partial charge in [-0.1, -0.05) is 13.8 Å². The van der Waals surface area contributed by atoms with Gasteiger partial charge in [0, 0.05) is 30.6 Å². The lowest BCUT2D eigenvalue weighted by Crippen LogP contribution is -2.30. The van der Waals surface area contributed by atoms with Gasteiger partial charge in [0.15, 0.2) is 0 Å². The standard InChI is InChI=1S/C21H32N6O/c1-15(2)19(14-28)26-21-25-18(17-4-3-8-23-13-17)12-20(27-21)24-11-7-16-5-9-22-10-6-16/h3-4,8,12-13,15-16,19,22,28H,5-7,9-11,14H2,1-2H3,(H2,24,25,26,27)/t19-/m1/s1. The third kappa shape index (κ3) is 5.87. The van der Waals surface area contributed by atoms with Crippen molar-refractivity contribution in [3.05, 3.63) is 30.6 Å². The fraction of sp³-hybridized carbons (Fsp3) is 0.571. The summed E-state index contributed by atoms with van der Waals surface area (Å²) >= 11 is 0. The molecule has 4 N–H and O–H groups in total. The molecule has 1 aliphatic heterocycles. The molecule has 1 atom stereocenters. The Kier molecular flexibility index (Phi) is 7.56. The molecule has 2 aromatic rings. The van der Waals surface area contributed by atoms with E-state index in [1.807, 2.05) is 18.2 Å². The van der Waals surface area contributed by atoms with Crippen LogP contribution in [0.1, 0.15) is 33.1 Å². The minimum Gasteiger partial charge on any atom is -0.394 e. The number of aromatic nitrogens is 3. The van der Waals surface area contributed by atoms with Gasteiger partial charge in [0.25, 0.3) is 0 Å². The van der Waals surface area contributed by atoms with Crippen molar-refractivity contribution in [2.24, 2.45) is 11.8 Å². The first-order chi connectivity index (χ1) is 13.7. The average Bonchev–Trinajstić information content (AvgIpc) is 2.73. The smallest absolute Gasteiger partial charge is 0.225 e. The van der Waals surface area contributed by atoms with Gasteiger partial charge in [-0.05, 0) is 56.3 Å². The van der Waals surface area contributed by atoms with E-state index in [2.05, 4.69) is 44.7 Å². The molecule has 2 aromatic heterocycles. The summed E-state index contributed by atoms with van der Waals surface area (Å²) in [6, 6.07) is 5.77. The monoisotopic (exact) mass is 384 g/mol. The maximum absolute atomic E-state index is 9.65. The molecule has 3 rings (SSSR count). The van der Waals surface area contributed by atoms with Gasteiger partial charge in [-0.2, -0.15) is 4.98 Å². The van der Waals surface area contributed by atoms with Crippen LogP contribution in [0, 0.1) is 11.8 Å². The van der Waals surface area contributed by atoms with Crippen LogP contribution in [-0.4, -0.2) is 52.3 Å². The summed E-state index contributed by atoms with van der Waals surface area (Å²) in [6.45, 7) is 7.30. The van der Waals surface area contributed by atoms with Gasteiger partial charge in [0.05, 0.1) is 18.3 Å². The normalized spacial score (nSPS) is 16.1. The summed E-state index contributed by atoms with van der Waals surface area (Å²) in [5.74, 6) is 2.36. The lowest BCUT2D eigenvalue weighted by atomic mass is 9.95. The molecular weight excluding hydrogens is 352 g/mol. The van der Waals surface area contributed by atoms with Crippen LogP contribution in [0.3, 0.4) is 0 Å². The molecule has 1 fully saturated rings. The fourth-order valence-corrected chi connectivity index (χ4v) is 3.43. The first kappa shape index (κ1) is 20.5. The molecule has 7 heteroatoms. The lowest BCUT2D eigenvalue weighted by molar-refractivity contribution is 0.248. The minimum atomic E-state index is -0.0910. The van der Waals surface area contributed by atoms with E-state index in [1.54, 1.807) is 12.4 Å². The lowest BCUT2D eigenvalue weighted by Gasteiger charge is -2.23. The van der Waals surface area contributed by atoms with Crippen molar-refractivity contribution in [1.82, 2.24) is 20.3 Å². The molecule has 0 aromatic carbocycles. The van der Waals surface area contributed by atoms with E-state index in [9.17, 15) is 5.11 Å². The SMILES string of the molecule is CC(C)[C@@H](CO)Nc1nc(NCCC2CCNCC2)cc(-c2cccnc2)n1. The van der Waals surface area contributed by atoms with Crippen molar-refractivity contribution in [3.8, 4) is 11.3 Å². The zero-order chi connectivity index (χ0) is 19.8. The van der Waals surface area contributed by atoms with Crippen LogP contribution in [-0.2, 0) is 0 Å². The number of aliphatic hydroxyl groups is 1. The second-order valence-corrected chi connectivity index (χ2v) is 7.79. The number of piperidine rings is 1. The Morgan fingerprint density at radius 2 is 2.07 bits per heavy atom. The third-order valence-electron chi connectivity index (χ3n) is 5.32. The summed E-state index contributed by atoms with van der Waals surface area (Å²) in [5, 5.41) is 19.8. The largest absolute Gasteiger partial charge is 0.394 e. The van der Waals surface area contributed by atoms with Gasteiger partial charge in [-0.15, -0.1) is 0 Å². The van der Waals surface area contributed by atoms with Crippen LogP contribution in [0.5, 0.6) is 0 Å². The molecule has 0 amide bonds. The van der Waals surface area contributed by atoms with E-state index in [4.69, 9.17) is 0 Å². The van der Waals surface area contributed by atoms with E-state index in [0.717, 1.165) is 49.0 Å². The van der Waals surface area contributed by atoms with Gasteiger partial charge >= 0.3 is 0 Å². The van der Waals surface area contributed by atoms with Crippen LogP contribution in [0.15, 0.2) is 30.6 Å². The van der Waals surface area contributed by atoms with Crippen molar-refractivity contribution in [2.45, 2.75) is 39.2 Å². The van der Waals surface area contributed by atoms with E-state index in [1.165, 1.54) is 12.8 Å². The van der Waals surface area contributed by atoms with Crippen LogP contribution in [0.25, 0.3) is 11.3 Å². The van der Waals surface area contributed by atoms with Gasteiger partial charge in [-0.3, -0.25) is 4.98 Å². The molecule has 152 valence electrons. The fourth-order valence-electron chi connectivity index (χ4n) is 3.43. The zero-order valence-electron chi connectivity index (χ0n) is 16.9. The summed E-state index contributed by atoms with van der Waals surface area (Å²) in [7, 11) is 0. The number of anilines is 2. The molecule has 0 bridgehead atoms. The molecule has 3 heterocycles. The van der Waals surface area contributed by atoms with Crippen molar-refractivity contribution in [3.63, 3.8) is 0 Å². The molecule has 0 aliphatic carbocycles. The molecule has 0 spiro atoms. The molecule has 1 aliphatic rings. The zero-order valence-corrected chi connectivity index (χ0v) is 16.9. The second-order valence-electron chi connectivity index (χ2n) is 7.79. The highest BCUT2D eigenvalue weighted by Gasteiger charge is 2.16. The second kappa shape index (κ2) is 10.3. The first-order valence-electron chi connectivity index (χ1n) is 10.3. The number of pyridine rings is 1.